The number of carbonyl (C=O) groups excluding carboxylic acids is 1. The molecule has 0 spiro atoms. The second-order valence-corrected chi connectivity index (χ2v) is 5.15. The molecule has 4 nitrogen and oxygen atoms in total. The summed E-state index contributed by atoms with van der Waals surface area (Å²) in [5, 5.41) is 3.16. The van der Waals surface area contributed by atoms with E-state index in [9.17, 15) is 9.18 Å². The van der Waals surface area contributed by atoms with Gasteiger partial charge in [-0.15, -0.1) is 0 Å². The summed E-state index contributed by atoms with van der Waals surface area (Å²) in [5.74, 6) is -1.06. The molecule has 1 heterocycles. The lowest BCUT2D eigenvalue weighted by Crippen LogP contribution is -2.45. The molecule has 1 amide bonds. The van der Waals surface area contributed by atoms with Gasteiger partial charge in [0.2, 0.25) is 5.91 Å². The summed E-state index contributed by atoms with van der Waals surface area (Å²) < 4.78 is 18.8. The summed E-state index contributed by atoms with van der Waals surface area (Å²) >= 11 is 0. The molecule has 0 radical (unpaired) electrons. The highest BCUT2D eigenvalue weighted by Crippen LogP contribution is 2.28. The molecule has 1 saturated heterocycles. The molecule has 1 fully saturated rings. The van der Waals surface area contributed by atoms with E-state index < -0.39 is 11.7 Å². The van der Waals surface area contributed by atoms with E-state index in [2.05, 4.69) is 12.2 Å². The van der Waals surface area contributed by atoms with E-state index in [0.29, 0.717) is 31.0 Å². The minimum atomic E-state index is -0.630. The van der Waals surface area contributed by atoms with E-state index in [0.717, 1.165) is 6.07 Å². The Bertz CT molecular complexity index is 484. The Balaban J connectivity index is 2.18. The number of nitrogens with one attached hydrogen (secondary N) is 1. The van der Waals surface area contributed by atoms with Gasteiger partial charge in [0.05, 0.1) is 13.2 Å². The van der Waals surface area contributed by atoms with Gasteiger partial charge >= 0.3 is 0 Å². The van der Waals surface area contributed by atoms with Crippen molar-refractivity contribution in [2.24, 2.45) is 11.1 Å². The van der Waals surface area contributed by atoms with Crippen molar-refractivity contribution in [3.8, 4) is 0 Å². The number of benzene rings is 1. The van der Waals surface area contributed by atoms with Crippen LogP contribution in [0.1, 0.15) is 22.8 Å². The number of halogens is 1. The van der Waals surface area contributed by atoms with Crippen LogP contribution in [0.2, 0.25) is 0 Å². The number of hydrogen-bond donors (Lipinski definition) is 2. The Morgan fingerprint density at radius 3 is 2.72 bits per heavy atom. The van der Waals surface area contributed by atoms with Crippen LogP contribution in [-0.4, -0.2) is 25.7 Å². The maximum Gasteiger partial charge on any atom is 0.248 e. The predicted molar refractivity (Wildman–Crippen MR) is 67.1 cm³/mol. The molecule has 5 heteroatoms. The van der Waals surface area contributed by atoms with Gasteiger partial charge in [-0.1, -0.05) is 6.92 Å². The first-order valence-electron chi connectivity index (χ1n) is 5.83. The average Bonchev–Trinajstić information content (AvgIpc) is 2.28. The standard InChI is InChI=1S/C13H17FN2O2/c1-8-10(14)3-9(12(15)17)4-11(8)16-5-13(2)6-18-7-13/h3-4,16H,5-7H2,1-2H3,(H2,15,17). The molecule has 0 atom stereocenters. The Morgan fingerprint density at radius 1 is 1.56 bits per heavy atom. The van der Waals surface area contributed by atoms with Crippen LogP contribution < -0.4 is 11.1 Å². The van der Waals surface area contributed by atoms with Gasteiger partial charge in [-0.3, -0.25) is 4.79 Å². The predicted octanol–water partition coefficient (Wildman–Crippen LogP) is 1.68. The smallest absolute Gasteiger partial charge is 0.248 e. The van der Waals surface area contributed by atoms with E-state index in [1.165, 1.54) is 0 Å². The molecule has 0 unspecified atom stereocenters. The van der Waals surface area contributed by atoms with Crippen LogP contribution in [-0.2, 0) is 4.74 Å². The largest absolute Gasteiger partial charge is 0.384 e. The van der Waals surface area contributed by atoms with Crippen LogP contribution in [0.15, 0.2) is 12.1 Å². The minimum Gasteiger partial charge on any atom is -0.384 e. The highest BCUT2D eigenvalue weighted by Gasteiger charge is 2.33. The molecule has 0 aromatic heterocycles. The lowest BCUT2D eigenvalue weighted by atomic mass is 9.88. The topological polar surface area (TPSA) is 64.4 Å². The van der Waals surface area contributed by atoms with Gasteiger partial charge in [-0.25, -0.2) is 4.39 Å². The SMILES string of the molecule is Cc1c(F)cc(C(N)=O)cc1NCC1(C)COC1. The molecule has 1 aliphatic heterocycles. The zero-order valence-corrected chi connectivity index (χ0v) is 10.5. The van der Waals surface area contributed by atoms with Crippen molar-refractivity contribution in [3.63, 3.8) is 0 Å². The third kappa shape index (κ3) is 2.46. The fourth-order valence-corrected chi connectivity index (χ4v) is 1.87. The molecule has 0 saturated carbocycles. The number of amides is 1. The van der Waals surface area contributed by atoms with E-state index in [1.54, 1.807) is 13.0 Å². The van der Waals surface area contributed by atoms with Crippen LogP contribution >= 0.6 is 0 Å². The van der Waals surface area contributed by atoms with Gasteiger partial charge in [0.25, 0.3) is 0 Å². The van der Waals surface area contributed by atoms with Gasteiger partial charge in [0.15, 0.2) is 0 Å². The van der Waals surface area contributed by atoms with Crippen molar-refractivity contribution < 1.29 is 13.9 Å². The minimum absolute atomic E-state index is 0.0750. The first-order chi connectivity index (χ1) is 8.41. The van der Waals surface area contributed by atoms with Crippen LogP contribution in [0.25, 0.3) is 0 Å². The number of anilines is 1. The normalized spacial score (nSPS) is 17.1. The molecule has 1 aromatic rings. The summed E-state index contributed by atoms with van der Waals surface area (Å²) in [5.41, 5.74) is 6.52. The lowest BCUT2D eigenvalue weighted by molar-refractivity contribution is -0.0924. The highest BCUT2D eigenvalue weighted by molar-refractivity contribution is 5.94. The summed E-state index contributed by atoms with van der Waals surface area (Å²) in [7, 11) is 0. The second kappa shape index (κ2) is 4.57. The molecular weight excluding hydrogens is 235 g/mol. The monoisotopic (exact) mass is 252 g/mol. The van der Waals surface area contributed by atoms with Crippen molar-refractivity contribution in [1.82, 2.24) is 0 Å². The van der Waals surface area contributed by atoms with Gasteiger partial charge in [-0.2, -0.15) is 0 Å². The zero-order chi connectivity index (χ0) is 13.3. The molecule has 2 rings (SSSR count). The molecule has 1 aromatic carbocycles. The number of carbonyl (C=O) groups is 1. The Hall–Kier alpha value is -1.62. The number of ether oxygens (including phenoxy) is 1. The van der Waals surface area contributed by atoms with Crippen molar-refractivity contribution in [3.05, 3.63) is 29.1 Å². The van der Waals surface area contributed by atoms with E-state index in [1.807, 2.05) is 0 Å². The molecule has 98 valence electrons. The van der Waals surface area contributed by atoms with Crippen LogP contribution in [0.3, 0.4) is 0 Å². The first kappa shape index (κ1) is 12.8. The summed E-state index contributed by atoms with van der Waals surface area (Å²) in [6, 6.07) is 2.75. The molecule has 1 aliphatic rings. The Labute approximate surface area is 105 Å². The lowest BCUT2D eigenvalue weighted by Gasteiger charge is -2.38. The first-order valence-corrected chi connectivity index (χ1v) is 5.83. The fraction of sp³-hybridized carbons (Fsp3) is 0.462. The van der Waals surface area contributed by atoms with Crippen LogP contribution in [0, 0.1) is 18.2 Å². The van der Waals surface area contributed by atoms with E-state index >= 15 is 0 Å². The third-order valence-corrected chi connectivity index (χ3v) is 3.24. The van der Waals surface area contributed by atoms with Crippen molar-refractivity contribution in [2.75, 3.05) is 25.1 Å². The molecule has 0 aliphatic carbocycles. The summed E-state index contributed by atoms with van der Waals surface area (Å²) in [6.45, 7) is 5.82. The number of rotatable bonds is 4. The molecule has 0 bridgehead atoms. The van der Waals surface area contributed by atoms with Crippen LogP contribution in [0.5, 0.6) is 0 Å². The van der Waals surface area contributed by atoms with Crippen molar-refractivity contribution in [1.29, 1.82) is 0 Å². The van der Waals surface area contributed by atoms with Gasteiger partial charge < -0.3 is 15.8 Å². The van der Waals surface area contributed by atoms with Crippen molar-refractivity contribution >= 4 is 11.6 Å². The van der Waals surface area contributed by atoms with Crippen molar-refractivity contribution in [2.45, 2.75) is 13.8 Å². The van der Waals surface area contributed by atoms with E-state index in [-0.39, 0.29) is 11.0 Å². The second-order valence-electron chi connectivity index (χ2n) is 5.15. The average molecular weight is 252 g/mol. The summed E-state index contributed by atoms with van der Waals surface area (Å²) in [4.78, 5) is 11.1. The van der Waals surface area contributed by atoms with Crippen LogP contribution in [0.4, 0.5) is 10.1 Å². The zero-order valence-electron chi connectivity index (χ0n) is 10.5. The number of hydrogen-bond acceptors (Lipinski definition) is 3. The Morgan fingerprint density at radius 2 is 2.22 bits per heavy atom. The molecule has 18 heavy (non-hydrogen) atoms. The number of nitrogens with two attached hydrogens (primary N) is 1. The fourth-order valence-electron chi connectivity index (χ4n) is 1.87. The highest BCUT2D eigenvalue weighted by atomic mass is 19.1. The van der Waals surface area contributed by atoms with Gasteiger partial charge in [0, 0.05) is 28.8 Å². The molecular formula is C13H17FN2O2. The Kier molecular flexibility index (Phi) is 3.26. The third-order valence-electron chi connectivity index (χ3n) is 3.24. The van der Waals surface area contributed by atoms with Gasteiger partial charge in [-0.05, 0) is 19.1 Å². The quantitative estimate of drug-likeness (QED) is 0.857. The maximum atomic E-state index is 13.6. The van der Waals surface area contributed by atoms with Gasteiger partial charge in [0.1, 0.15) is 5.82 Å². The maximum absolute atomic E-state index is 13.6. The van der Waals surface area contributed by atoms with E-state index in [4.69, 9.17) is 10.5 Å². The molecule has 3 N–H and O–H groups in total. The summed E-state index contributed by atoms with van der Waals surface area (Å²) in [6.07, 6.45) is 0. The number of primary amides is 1.